The van der Waals surface area contributed by atoms with Gasteiger partial charge in [0.05, 0.1) is 12.1 Å². The standard InChI is InChI=1S/C19H12F6N2O2/c20-18(21,22)28-15-5-1-13(2-6-15)9-17(11-26,12-27)10-14-3-7-16(8-4-14)29-19(23,24)25/h1-8H,9-10H2. The van der Waals surface area contributed by atoms with Crippen molar-refractivity contribution in [2.24, 2.45) is 5.41 Å². The third-order valence-corrected chi connectivity index (χ3v) is 3.75. The van der Waals surface area contributed by atoms with Gasteiger partial charge in [0.1, 0.15) is 11.5 Å². The first kappa shape index (κ1) is 21.9. The first-order chi connectivity index (χ1) is 13.4. The number of nitriles is 2. The molecule has 0 amide bonds. The van der Waals surface area contributed by atoms with E-state index >= 15 is 0 Å². The van der Waals surface area contributed by atoms with Gasteiger partial charge in [-0.15, -0.1) is 26.3 Å². The van der Waals surface area contributed by atoms with Crippen molar-refractivity contribution >= 4 is 0 Å². The molecule has 152 valence electrons. The van der Waals surface area contributed by atoms with Crippen molar-refractivity contribution in [3.63, 3.8) is 0 Å². The van der Waals surface area contributed by atoms with Crippen LogP contribution in [0.3, 0.4) is 0 Å². The Bertz CT molecular complexity index is 829. The lowest BCUT2D eigenvalue weighted by atomic mass is 9.79. The number of alkyl halides is 6. The van der Waals surface area contributed by atoms with E-state index in [9.17, 15) is 36.9 Å². The lowest BCUT2D eigenvalue weighted by Gasteiger charge is -2.19. The van der Waals surface area contributed by atoms with Crippen molar-refractivity contribution in [2.75, 3.05) is 0 Å². The smallest absolute Gasteiger partial charge is 0.406 e. The van der Waals surface area contributed by atoms with Crippen LogP contribution in [0, 0.1) is 28.1 Å². The normalized spacial score (nSPS) is 12.0. The van der Waals surface area contributed by atoms with Gasteiger partial charge < -0.3 is 9.47 Å². The molecule has 2 rings (SSSR count). The van der Waals surface area contributed by atoms with Crippen molar-refractivity contribution in [3.05, 3.63) is 59.7 Å². The number of rotatable bonds is 6. The van der Waals surface area contributed by atoms with Gasteiger partial charge in [0.2, 0.25) is 0 Å². The fourth-order valence-electron chi connectivity index (χ4n) is 2.56. The Labute approximate surface area is 161 Å². The van der Waals surface area contributed by atoms with Gasteiger partial charge in [0, 0.05) is 12.8 Å². The highest BCUT2D eigenvalue weighted by atomic mass is 19.4. The van der Waals surface area contributed by atoms with E-state index in [-0.39, 0.29) is 12.8 Å². The van der Waals surface area contributed by atoms with Crippen molar-refractivity contribution in [1.29, 1.82) is 10.5 Å². The number of nitrogens with zero attached hydrogens (tertiary/aromatic N) is 2. The number of hydrogen-bond donors (Lipinski definition) is 0. The maximum Gasteiger partial charge on any atom is 0.573 e. The molecule has 0 aliphatic heterocycles. The van der Waals surface area contributed by atoms with Crippen LogP contribution in [-0.4, -0.2) is 12.7 Å². The summed E-state index contributed by atoms with van der Waals surface area (Å²) in [4.78, 5) is 0. The van der Waals surface area contributed by atoms with Gasteiger partial charge in [-0.3, -0.25) is 0 Å². The Morgan fingerprint density at radius 1 is 0.621 bits per heavy atom. The summed E-state index contributed by atoms with van der Waals surface area (Å²) in [5, 5.41) is 19.0. The second kappa shape index (κ2) is 8.31. The minimum atomic E-state index is -4.84. The first-order valence-corrected chi connectivity index (χ1v) is 7.95. The van der Waals surface area contributed by atoms with Crippen molar-refractivity contribution in [1.82, 2.24) is 0 Å². The number of halogens is 6. The third kappa shape index (κ3) is 6.92. The fourth-order valence-corrected chi connectivity index (χ4v) is 2.56. The van der Waals surface area contributed by atoms with Gasteiger partial charge >= 0.3 is 12.7 Å². The van der Waals surface area contributed by atoms with E-state index in [1.807, 2.05) is 12.1 Å². The molecule has 0 saturated heterocycles. The van der Waals surface area contributed by atoms with E-state index in [0.29, 0.717) is 11.1 Å². The molecule has 2 aromatic carbocycles. The zero-order valence-electron chi connectivity index (χ0n) is 14.5. The van der Waals surface area contributed by atoms with E-state index in [1.54, 1.807) is 0 Å². The maximum absolute atomic E-state index is 12.2. The summed E-state index contributed by atoms with van der Waals surface area (Å²) in [7, 11) is 0. The van der Waals surface area contributed by atoms with Crippen LogP contribution in [0.2, 0.25) is 0 Å². The summed E-state index contributed by atoms with van der Waals surface area (Å²) in [6.07, 6.45) is -9.89. The second-order valence-corrected chi connectivity index (χ2v) is 6.04. The van der Waals surface area contributed by atoms with Crippen molar-refractivity contribution in [3.8, 4) is 23.6 Å². The molecule has 0 spiro atoms. The van der Waals surface area contributed by atoms with Crippen LogP contribution in [-0.2, 0) is 12.8 Å². The van der Waals surface area contributed by atoms with Gasteiger partial charge in [0.15, 0.2) is 5.41 Å². The molecule has 0 aliphatic carbocycles. The van der Waals surface area contributed by atoms with Crippen LogP contribution in [0.5, 0.6) is 11.5 Å². The average Bonchev–Trinajstić information content (AvgIpc) is 2.62. The molecule has 0 aliphatic rings. The van der Waals surface area contributed by atoms with E-state index in [2.05, 4.69) is 9.47 Å². The van der Waals surface area contributed by atoms with Crippen LogP contribution in [0.4, 0.5) is 26.3 Å². The third-order valence-electron chi connectivity index (χ3n) is 3.75. The number of hydrogen-bond acceptors (Lipinski definition) is 4. The van der Waals surface area contributed by atoms with Gasteiger partial charge in [-0.2, -0.15) is 10.5 Å². The van der Waals surface area contributed by atoms with Crippen molar-refractivity contribution < 1.29 is 35.8 Å². The topological polar surface area (TPSA) is 66.0 Å². The zero-order valence-corrected chi connectivity index (χ0v) is 14.5. The van der Waals surface area contributed by atoms with E-state index in [1.165, 1.54) is 24.3 Å². The maximum atomic E-state index is 12.2. The predicted molar refractivity (Wildman–Crippen MR) is 87.3 cm³/mol. The van der Waals surface area contributed by atoms with Crippen LogP contribution < -0.4 is 9.47 Å². The summed E-state index contributed by atoms with van der Waals surface area (Å²) >= 11 is 0. The number of ether oxygens (including phenoxy) is 2. The van der Waals surface area contributed by atoms with E-state index in [0.717, 1.165) is 24.3 Å². The lowest BCUT2D eigenvalue weighted by molar-refractivity contribution is -0.275. The summed E-state index contributed by atoms with van der Waals surface area (Å²) in [5.74, 6) is -0.887. The summed E-state index contributed by atoms with van der Waals surface area (Å²) in [6.45, 7) is 0. The number of benzene rings is 2. The Hall–Kier alpha value is -3.40. The van der Waals surface area contributed by atoms with E-state index < -0.39 is 29.6 Å². The molecule has 0 fully saturated rings. The molecule has 0 saturated carbocycles. The Morgan fingerprint density at radius 2 is 0.931 bits per heavy atom. The molecule has 0 atom stereocenters. The molecule has 0 radical (unpaired) electrons. The van der Waals surface area contributed by atoms with Gasteiger partial charge in [-0.25, -0.2) is 0 Å². The van der Waals surface area contributed by atoms with Crippen LogP contribution in [0.1, 0.15) is 11.1 Å². The quantitative estimate of drug-likeness (QED) is 0.602. The predicted octanol–water partition coefficient (Wildman–Crippen LogP) is 5.30. The molecule has 0 unspecified atom stereocenters. The minimum absolute atomic E-state index is 0.104. The largest absolute Gasteiger partial charge is 0.573 e. The summed E-state index contributed by atoms with van der Waals surface area (Å²) in [5.41, 5.74) is -0.738. The molecule has 0 bridgehead atoms. The Balaban J connectivity index is 2.14. The zero-order chi connectivity index (χ0) is 21.7. The van der Waals surface area contributed by atoms with Gasteiger partial charge in [-0.05, 0) is 35.4 Å². The fraction of sp³-hybridized carbons (Fsp3) is 0.263. The second-order valence-electron chi connectivity index (χ2n) is 6.04. The Kier molecular flexibility index (Phi) is 6.28. The monoisotopic (exact) mass is 414 g/mol. The highest BCUT2D eigenvalue weighted by molar-refractivity contribution is 5.34. The highest BCUT2D eigenvalue weighted by Gasteiger charge is 2.33. The summed E-state index contributed by atoms with van der Waals surface area (Å²) < 4.78 is 80.7. The molecular formula is C19H12F6N2O2. The van der Waals surface area contributed by atoms with Crippen molar-refractivity contribution in [2.45, 2.75) is 25.6 Å². The molecular weight excluding hydrogens is 402 g/mol. The molecule has 10 heteroatoms. The van der Waals surface area contributed by atoms with E-state index in [4.69, 9.17) is 0 Å². The van der Waals surface area contributed by atoms with Crippen LogP contribution in [0.25, 0.3) is 0 Å². The molecule has 0 heterocycles. The average molecular weight is 414 g/mol. The molecule has 0 aromatic heterocycles. The van der Waals surface area contributed by atoms with Crippen LogP contribution >= 0.6 is 0 Å². The molecule has 0 N–H and O–H groups in total. The van der Waals surface area contributed by atoms with Crippen LogP contribution in [0.15, 0.2) is 48.5 Å². The lowest BCUT2D eigenvalue weighted by Crippen LogP contribution is -2.23. The molecule has 4 nitrogen and oxygen atoms in total. The van der Waals surface area contributed by atoms with Gasteiger partial charge in [0.25, 0.3) is 0 Å². The summed E-state index contributed by atoms with van der Waals surface area (Å²) in [6, 6.07) is 13.2. The molecule has 29 heavy (non-hydrogen) atoms. The SMILES string of the molecule is N#CC(C#N)(Cc1ccc(OC(F)(F)F)cc1)Cc1ccc(OC(F)(F)F)cc1. The molecule has 2 aromatic rings. The highest BCUT2D eigenvalue weighted by Crippen LogP contribution is 2.30. The first-order valence-electron chi connectivity index (χ1n) is 7.95. The van der Waals surface area contributed by atoms with Gasteiger partial charge in [-0.1, -0.05) is 24.3 Å². The Morgan fingerprint density at radius 3 is 1.17 bits per heavy atom. The minimum Gasteiger partial charge on any atom is -0.406 e.